The zero-order valence-electron chi connectivity index (χ0n) is 6.39. The Balaban J connectivity index is 3.47. The fourth-order valence-electron chi connectivity index (χ4n) is 0.917. The average Bonchev–Trinajstić information content (AvgIpc) is 1.62. The SMILES string of the molecule is CC(CS)C[Si](C)(C)O. The largest absolute Gasteiger partial charge is 0.432 e. The van der Waals surface area contributed by atoms with Crippen LogP contribution in [0.2, 0.25) is 19.1 Å². The van der Waals surface area contributed by atoms with E-state index >= 15 is 0 Å². The molecule has 1 nitrogen and oxygen atoms in total. The van der Waals surface area contributed by atoms with Gasteiger partial charge in [0.05, 0.1) is 0 Å². The number of rotatable bonds is 3. The molecule has 3 heteroatoms. The van der Waals surface area contributed by atoms with E-state index in [4.69, 9.17) is 0 Å². The van der Waals surface area contributed by atoms with Gasteiger partial charge in [0.2, 0.25) is 0 Å². The molecular weight excluding hydrogens is 148 g/mol. The molecule has 9 heavy (non-hydrogen) atoms. The van der Waals surface area contributed by atoms with E-state index in [0.29, 0.717) is 5.92 Å². The van der Waals surface area contributed by atoms with Crippen LogP contribution in [0.1, 0.15) is 6.92 Å². The maximum absolute atomic E-state index is 9.42. The summed E-state index contributed by atoms with van der Waals surface area (Å²) in [6.45, 7) is 6.05. The number of thiol groups is 1. The fourth-order valence-corrected chi connectivity index (χ4v) is 3.14. The third kappa shape index (κ3) is 6.41. The van der Waals surface area contributed by atoms with Crippen LogP contribution in [0.25, 0.3) is 0 Å². The Hall–Kier alpha value is 0.527. The summed E-state index contributed by atoms with van der Waals surface area (Å²) < 4.78 is 0. The average molecular weight is 164 g/mol. The first kappa shape index (κ1) is 9.53. The van der Waals surface area contributed by atoms with Crippen LogP contribution in [-0.2, 0) is 0 Å². The van der Waals surface area contributed by atoms with Gasteiger partial charge in [-0.3, -0.25) is 0 Å². The lowest BCUT2D eigenvalue weighted by atomic mass is 10.3. The third-order valence-corrected chi connectivity index (χ3v) is 3.48. The van der Waals surface area contributed by atoms with Crippen molar-refractivity contribution < 1.29 is 4.80 Å². The van der Waals surface area contributed by atoms with Crippen molar-refractivity contribution in [1.82, 2.24) is 0 Å². The first-order valence-corrected chi connectivity index (χ1v) is 7.07. The van der Waals surface area contributed by atoms with Gasteiger partial charge in [-0.15, -0.1) is 0 Å². The van der Waals surface area contributed by atoms with Crippen LogP contribution < -0.4 is 0 Å². The first-order valence-electron chi connectivity index (χ1n) is 3.29. The zero-order valence-corrected chi connectivity index (χ0v) is 8.28. The molecule has 0 aliphatic carbocycles. The molecule has 0 fully saturated rings. The molecule has 0 saturated heterocycles. The zero-order chi connectivity index (χ0) is 7.49. The van der Waals surface area contributed by atoms with E-state index in [-0.39, 0.29) is 0 Å². The van der Waals surface area contributed by atoms with Crippen molar-refractivity contribution in [3.8, 4) is 0 Å². The van der Waals surface area contributed by atoms with E-state index in [9.17, 15) is 4.80 Å². The predicted molar refractivity (Wildman–Crippen MR) is 47.5 cm³/mol. The molecule has 56 valence electrons. The highest BCUT2D eigenvalue weighted by molar-refractivity contribution is 7.80. The Labute approximate surface area is 64.0 Å². The molecule has 0 rings (SSSR count). The summed E-state index contributed by atoms with van der Waals surface area (Å²) in [7, 11) is -1.79. The molecule has 0 aromatic heterocycles. The molecule has 1 N–H and O–H groups in total. The second kappa shape index (κ2) is 3.64. The van der Waals surface area contributed by atoms with Gasteiger partial charge in [0.15, 0.2) is 8.32 Å². The lowest BCUT2D eigenvalue weighted by Gasteiger charge is -2.17. The molecular formula is C6H16OSSi. The predicted octanol–water partition coefficient (Wildman–Crippen LogP) is 1.75. The van der Waals surface area contributed by atoms with Gasteiger partial charge in [0, 0.05) is 0 Å². The minimum atomic E-state index is -1.79. The number of hydrogen-bond donors (Lipinski definition) is 2. The minimum Gasteiger partial charge on any atom is -0.432 e. The molecule has 0 aliphatic heterocycles. The van der Waals surface area contributed by atoms with Gasteiger partial charge >= 0.3 is 0 Å². The van der Waals surface area contributed by atoms with Gasteiger partial charge < -0.3 is 4.80 Å². The lowest BCUT2D eigenvalue weighted by molar-refractivity contribution is 0.529. The summed E-state index contributed by atoms with van der Waals surface area (Å²) in [5.41, 5.74) is 0. The lowest BCUT2D eigenvalue weighted by Crippen LogP contribution is -2.27. The van der Waals surface area contributed by atoms with Crippen molar-refractivity contribution in [2.24, 2.45) is 5.92 Å². The summed E-state index contributed by atoms with van der Waals surface area (Å²) in [6.07, 6.45) is 0. The molecule has 0 saturated carbocycles. The van der Waals surface area contributed by atoms with Crippen LogP contribution in [0.5, 0.6) is 0 Å². The van der Waals surface area contributed by atoms with Gasteiger partial charge in [-0.1, -0.05) is 6.92 Å². The van der Waals surface area contributed by atoms with Crippen LogP contribution in [0.3, 0.4) is 0 Å². The molecule has 0 aromatic rings. The Morgan fingerprint density at radius 3 is 2.11 bits per heavy atom. The van der Waals surface area contributed by atoms with Crippen molar-refractivity contribution in [3.05, 3.63) is 0 Å². The highest BCUT2D eigenvalue weighted by Gasteiger charge is 2.19. The standard InChI is InChI=1S/C6H16OSSi/c1-6(4-8)5-9(2,3)7/h6-8H,4-5H2,1-3H3. The van der Waals surface area contributed by atoms with Crippen molar-refractivity contribution >= 4 is 20.9 Å². The van der Waals surface area contributed by atoms with E-state index in [2.05, 4.69) is 19.6 Å². The monoisotopic (exact) mass is 164 g/mol. The summed E-state index contributed by atoms with van der Waals surface area (Å²) in [4.78, 5) is 9.42. The summed E-state index contributed by atoms with van der Waals surface area (Å²) in [6, 6.07) is 0.969. The van der Waals surface area contributed by atoms with Gasteiger partial charge in [-0.2, -0.15) is 12.6 Å². The Bertz CT molecular complexity index is 79.6. The second-order valence-electron chi connectivity index (χ2n) is 3.30. The maximum atomic E-state index is 9.42. The van der Waals surface area contributed by atoms with E-state index in [0.717, 1.165) is 11.8 Å². The molecule has 0 amide bonds. The van der Waals surface area contributed by atoms with E-state index in [1.807, 2.05) is 13.1 Å². The molecule has 0 aromatic carbocycles. The Morgan fingerprint density at radius 2 is 2.00 bits per heavy atom. The topological polar surface area (TPSA) is 20.2 Å². The van der Waals surface area contributed by atoms with Crippen molar-refractivity contribution in [2.75, 3.05) is 5.75 Å². The van der Waals surface area contributed by atoms with Crippen LogP contribution in [-0.4, -0.2) is 18.9 Å². The highest BCUT2D eigenvalue weighted by Crippen LogP contribution is 2.14. The van der Waals surface area contributed by atoms with Crippen molar-refractivity contribution in [1.29, 1.82) is 0 Å². The summed E-state index contributed by atoms with van der Waals surface area (Å²) >= 11 is 4.14. The molecule has 0 aliphatic rings. The van der Waals surface area contributed by atoms with Crippen LogP contribution in [0.15, 0.2) is 0 Å². The summed E-state index contributed by atoms with van der Waals surface area (Å²) in [5, 5.41) is 0. The molecule has 0 spiro atoms. The van der Waals surface area contributed by atoms with Gasteiger partial charge in [-0.05, 0) is 30.8 Å². The number of hydrogen-bond acceptors (Lipinski definition) is 2. The van der Waals surface area contributed by atoms with E-state index in [1.165, 1.54) is 0 Å². The third-order valence-electron chi connectivity index (χ3n) is 1.16. The maximum Gasteiger partial charge on any atom is 0.182 e. The van der Waals surface area contributed by atoms with E-state index in [1.54, 1.807) is 0 Å². The highest BCUT2D eigenvalue weighted by atomic mass is 32.1. The fraction of sp³-hybridized carbons (Fsp3) is 1.00. The van der Waals surface area contributed by atoms with Crippen LogP contribution in [0.4, 0.5) is 0 Å². The van der Waals surface area contributed by atoms with Crippen molar-refractivity contribution in [2.45, 2.75) is 26.1 Å². The molecule has 1 atom stereocenters. The van der Waals surface area contributed by atoms with Crippen LogP contribution >= 0.6 is 12.6 Å². The Kier molecular flexibility index (Phi) is 3.85. The van der Waals surface area contributed by atoms with Crippen LogP contribution in [0, 0.1) is 5.92 Å². The molecule has 1 unspecified atom stereocenters. The molecule has 0 bridgehead atoms. The smallest absolute Gasteiger partial charge is 0.182 e. The van der Waals surface area contributed by atoms with Gasteiger partial charge in [-0.25, -0.2) is 0 Å². The molecule has 0 radical (unpaired) electrons. The van der Waals surface area contributed by atoms with E-state index < -0.39 is 8.32 Å². The summed E-state index contributed by atoms with van der Waals surface area (Å²) in [5.74, 6) is 1.46. The van der Waals surface area contributed by atoms with Gasteiger partial charge in [0.25, 0.3) is 0 Å². The second-order valence-corrected chi connectivity index (χ2v) is 7.70. The van der Waals surface area contributed by atoms with Crippen molar-refractivity contribution in [3.63, 3.8) is 0 Å². The normalized spacial score (nSPS) is 15.7. The quantitative estimate of drug-likeness (QED) is 0.481. The first-order chi connectivity index (χ1) is 3.95. The minimum absolute atomic E-state index is 0.569. The molecule has 0 heterocycles. The Morgan fingerprint density at radius 1 is 1.56 bits per heavy atom. The van der Waals surface area contributed by atoms with Gasteiger partial charge in [0.1, 0.15) is 0 Å².